The molecule has 1 rings (SSSR count). The molecular weight excluding hydrogens is 522 g/mol. The Hall–Kier alpha value is -3.10. The van der Waals surface area contributed by atoms with Crippen molar-refractivity contribution in [2.45, 2.75) is 118 Å². The third-order valence-electron chi connectivity index (χ3n) is 7.09. The van der Waals surface area contributed by atoms with Crippen LogP contribution < -0.4 is 10.6 Å². The van der Waals surface area contributed by atoms with E-state index in [-0.39, 0.29) is 18.4 Å². The SMILES string of the molecule is CCCCCCCCN(C(=O)C(NC(=O)OC(C)(C)C)C(C)CC)C(C(=O)NCC(=O)OC)c1ccc(CC)cc1. The third-order valence-corrected chi connectivity index (χ3v) is 7.09. The molecule has 232 valence electrons. The van der Waals surface area contributed by atoms with E-state index in [0.717, 1.165) is 44.1 Å². The summed E-state index contributed by atoms with van der Waals surface area (Å²) in [6.07, 6.45) is 6.80. The van der Waals surface area contributed by atoms with E-state index >= 15 is 0 Å². The average Bonchev–Trinajstić information content (AvgIpc) is 2.94. The molecule has 3 atom stereocenters. The number of carbonyl (C=O) groups is 4. The number of nitrogens with zero attached hydrogens (tertiary/aromatic N) is 1. The van der Waals surface area contributed by atoms with Crippen molar-refractivity contribution in [1.82, 2.24) is 15.5 Å². The molecule has 2 N–H and O–H groups in total. The van der Waals surface area contributed by atoms with Gasteiger partial charge in [0.15, 0.2) is 0 Å². The molecule has 0 radical (unpaired) electrons. The van der Waals surface area contributed by atoms with Gasteiger partial charge in [-0.2, -0.15) is 0 Å². The molecule has 0 spiro atoms. The summed E-state index contributed by atoms with van der Waals surface area (Å²) in [5.41, 5.74) is 0.993. The van der Waals surface area contributed by atoms with Gasteiger partial charge in [-0.3, -0.25) is 14.4 Å². The highest BCUT2D eigenvalue weighted by Gasteiger charge is 2.38. The van der Waals surface area contributed by atoms with Crippen molar-refractivity contribution in [1.29, 1.82) is 0 Å². The number of hydrogen-bond donors (Lipinski definition) is 2. The first-order valence-electron chi connectivity index (χ1n) is 15.1. The van der Waals surface area contributed by atoms with Crippen LogP contribution in [0.15, 0.2) is 24.3 Å². The normalized spacial score (nSPS) is 13.5. The van der Waals surface area contributed by atoms with Crippen molar-refractivity contribution in [3.63, 3.8) is 0 Å². The Balaban J connectivity index is 3.50. The Bertz CT molecular complexity index is 957. The predicted octanol–water partition coefficient (Wildman–Crippen LogP) is 5.71. The van der Waals surface area contributed by atoms with E-state index in [4.69, 9.17) is 9.47 Å². The second-order valence-corrected chi connectivity index (χ2v) is 11.6. The number of methoxy groups -OCH3 is 1. The molecule has 0 bridgehead atoms. The Morgan fingerprint density at radius 3 is 2.07 bits per heavy atom. The van der Waals surface area contributed by atoms with Gasteiger partial charge in [-0.05, 0) is 50.7 Å². The van der Waals surface area contributed by atoms with E-state index in [1.165, 1.54) is 7.11 Å². The second-order valence-electron chi connectivity index (χ2n) is 11.6. The summed E-state index contributed by atoms with van der Waals surface area (Å²) in [6, 6.07) is 5.68. The number of carbonyl (C=O) groups excluding carboxylic acids is 4. The van der Waals surface area contributed by atoms with E-state index in [1.807, 2.05) is 45.0 Å². The maximum atomic E-state index is 14.3. The monoisotopic (exact) mass is 575 g/mol. The number of amides is 3. The number of hydrogen-bond acceptors (Lipinski definition) is 6. The lowest BCUT2D eigenvalue weighted by atomic mass is 9.95. The first-order valence-corrected chi connectivity index (χ1v) is 15.1. The quantitative estimate of drug-likeness (QED) is 0.182. The average molecular weight is 576 g/mol. The van der Waals surface area contributed by atoms with Crippen molar-refractivity contribution in [2.75, 3.05) is 20.2 Å². The molecule has 41 heavy (non-hydrogen) atoms. The number of alkyl carbamates (subject to hydrolysis) is 1. The molecular formula is C32H53N3O6. The van der Waals surface area contributed by atoms with Gasteiger partial charge in [-0.15, -0.1) is 0 Å². The standard InChI is InChI=1S/C32H53N3O6/c1-9-12-13-14-15-16-21-35(30(38)27(23(4)10-2)34-31(39)41-32(5,6)7)28(29(37)33-22-26(36)40-8)25-19-17-24(11-3)18-20-25/h17-20,23,27-28H,9-16,21-22H2,1-8H3,(H,33,37)(H,34,39). The third kappa shape index (κ3) is 13.0. The fraction of sp³-hybridized carbons (Fsp3) is 0.688. The van der Waals surface area contributed by atoms with Gasteiger partial charge in [-0.1, -0.05) is 90.5 Å². The molecule has 0 fully saturated rings. The van der Waals surface area contributed by atoms with E-state index in [2.05, 4.69) is 17.6 Å². The van der Waals surface area contributed by atoms with Gasteiger partial charge in [0.25, 0.3) is 0 Å². The second kappa shape index (κ2) is 18.4. The zero-order valence-electron chi connectivity index (χ0n) is 26.5. The minimum atomic E-state index is -0.999. The number of benzene rings is 1. The molecule has 3 amide bonds. The number of aryl methyl sites for hydroxylation is 1. The molecule has 0 saturated carbocycles. The first-order chi connectivity index (χ1) is 19.4. The highest BCUT2D eigenvalue weighted by Crippen LogP contribution is 2.26. The summed E-state index contributed by atoms with van der Waals surface area (Å²) in [5.74, 6) is -1.66. The molecule has 1 aromatic rings. The van der Waals surface area contributed by atoms with Gasteiger partial charge in [0.05, 0.1) is 7.11 Å². The first kappa shape index (κ1) is 35.9. The lowest BCUT2D eigenvalue weighted by Crippen LogP contribution is -2.55. The van der Waals surface area contributed by atoms with Crippen LogP contribution in [0.5, 0.6) is 0 Å². The van der Waals surface area contributed by atoms with Crippen LogP contribution in [-0.4, -0.2) is 60.6 Å². The molecule has 0 saturated heterocycles. The van der Waals surface area contributed by atoms with Crippen LogP contribution in [0.1, 0.15) is 111 Å². The van der Waals surface area contributed by atoms with Crippen LogP contribution in [-0.2, 0) is 30.3 Å². The summed E-state index contributed by atoms with van der Waals surface area (Å²) >= 11 is 0. The van der Waals surface area contributed by atoms with Crippen LogP contribution in [0.25, 0.3) is 0 Å². The van der Waals surface area contributed by atoms with Gasteiger partial charge in [-0.25, -0.2) is 4.79 Å². The Morgan fingerprint density at radius 2 is 1.54 bits per heavy atom. The van der Waals surface area contributed by atoms with Crippen molar-refractivity contribution in [3.8, 4) is 0 Å². The van der Waals surface area contributed by atoms with Crippen LogP contribution in [0, 0.1) is 5.92 Å². The molecule has 9 heteroatoms. The largest absolute Gasteiger partial charge is 0.468 e. The van der Waals surface area contributed by atoms with Crippen LogP contribution >= 0.6 is 0 Å². The van der Waals surface area contributed by atoms with E-state index in [9.17, 15) is 19.2 Å². The minimum absolute atomic E-state index is 0.219. The van der Waals surface area contributed by atoms with Crippen molar-refractivity contribution in [3.05, 3.63) is 35.4 Å². The molecule has 0 heterocycles. The summed E-state index contributed by atoms with van der Waals surface area (Å²) in [5, 5.41) is 5.44. The zero-order chi connectivity index (χ0) is 31.0. The highest BCUT2D eigenvalue weighted by atomic mass is 16.6. The van der Waals surface area contributed by atoms with Crippen LogP contribution in [0.3, 0.4) is 0 Å². The number of rotatable bonds is 17. The summed E-state index contributed by atoms with van der Waals surface area (Å²) in [6.45, 7) is 13.3. The van der Waals surface area contributed by atoms with Crippen LogP contribution in [0.4, 0.5) is 4.79 Å². The van der Waals surface area contributed by atoms with E-state index in [1.54, 1.807) is 25.7 Å². The van der Waals surface area contributed by atoms with Gasteiger partial charge >= 0.3 is 12.1 Å². The number of esters is 1. The Labute approximate surface area is 247 Å². The van der Waals surface area contributed by atoms with Gasteiger partial charge in [0, 0.05) is 6.54 Å². The highest BCUT2D eigenvalue weighted by molar-refractivity contribution is 5.93. The number of ether oxygens (including phenoxy) is 2. The molecule has 0 aliphatic rings. The number of nitrogens with one attached hydrogen (secondary N) is 2. The molecule has 1 aromatic carbocycles. The molecule has 9 nitrogen and oxygen atoms in total. The topological polar surface area (TPSA) is 114 Å². The Kier molecular flexibility index (Phi) is 16.1. The molecule has 0 aliphatic heterocycles. The molecule has 0 aliphatic carbocycles. The van der Waals surface area contributed by atoms with Crippen molar-refractivity contribution in [2.24, 2.45) is 5.92 Å². The van der Waals surface area contributed by atoms with E-state index in [0.29, 0.717) is 24.9 Å². The fourth-order valence-electron chi connectivity index (χ4n) is 4.46. The lowest BCUT2D eigenvalue weighted by molar-refractivity contribution is -0.145. The van der Waals surface area contributed by atoms with Crippen LogP contribution in [0.2, 0.25) is 0 Å². The Morgan fingerprint density at radius 1 is 0.927 bits per heavy atom. The van der Waals surface area contributed by atoms with Crippen molar-refractivity contribution >= 4 is 23.9 Å². The zero-order valence-corrected chi connectivity index (χ0v) is 26.5. The van der Waals surface area contributed by atoms with Gasteiger partial charge < -0.3 is 25.0 Å². The maximum absolute atomic E-state index is 14.3. The fourth-order valence-corrected chi connectivity index (χ4v) is 4.46. The molecule has 0 aromatic heterocycles. The summed E-state index contributed by atoms with van der Waals surface area (Å²) in [7, 11) is 1.25. The number of unbranched alkanes of at least 4 members (excludes halogenated alkanes) is 5. The summed E-state index contributed by atoms with van der Waals surface area (Å²) in [4.78, 5) is 54.2. The summed E-state index contributed by atoms with van der Waals surface area (Å²) < 4.78 is 10.2. The van der Waals surface area contributed by atoms with Crippen molar-refractivity contribution < 1.29 is 28.7 Å². The smallest absolute Gasteiger partial charge is 0.408 e. The minimum Gasteiger partial charge on any atom is -0.468 e. The lowest BCUT2D eigenvalue weighted by Gasteiger charge is -2.36. The predicted molar refractivity (Wildman–Crippen MR) is 161 cm³/mol. The van der Waals surface area contributed by atoms with Gasteiger partial charge in [0.2, 0.25) is 11.8 Å². The maximum Gasteiger partial charge on any atom is 0.408 e. The molecule has 3 unspecified atom stereocenters. The van der Waals surface area contributed by atoms with Gasteiger partial charge in [0.1, 0.15) is 24.2 Å². The van der Waals surface area contributed by atoms with E-state index < -0.39 is 35.7 Å².